The van der Waals surface area contributed by atoms with E-state index in [0.717, 1.165) is 112 Å². The third-order valence-electron chi connectivity index (χ3n) is 10.9. The smallest absolute Gasteiger partial charge is 0.337 e. The predicted octanol–water partition coefficient (Wildman–Crippen LogP) is 6.88. The molecule has 10 nitrogen and oxygen atoms in total. The molecule has 1 aromatic carbocycles. The quantitative estimate of drug-likeness (QED) is 0.247. The monoisotopic (exact) mass is 684 g/mol. The van der Waals surface area contributed by atoms with Gasteiger partial charge in [-0.1, -0.05) is 32.0 Å². The maximum atomic E-state index is 12.9. The van der Waals surface area contributed by atoms with Gasteiger partial charge in [-0.05, 0) is 107 Å². The summed E-state index contributed by atoms with van der Waals surface area (Å²) in [4.78, 5) is 34.6. The van der Waals surface area contributed by atoms with Crippen molar-refractivity contribution in [2.75, 3.05) is 54.0 Å². The highest BCUT2D eigenvalue weighted by Crippen LogP contribution is 2.45. The summed E-state index contributed by atoms with van der Waals surface area (Å²) in [5.41, 5.74) is 7.38. The van der Waals surface area contributed by atoms with Crippen molar-refractivity contribution in [3.05, 3.63) is 58.5 Å². The van der Waals surface area contributed by atoms with Crippen molar-refractivity contribution in [3.8, 4) is 11.1 Å². The standard InChI is InChI=1S/C40H56N6O4/c1-26-33(35(45-21-15-40(6,7)16-22-45)34(27(2)42-26)36(37(48)49)50-39(3,4)5)30-8-9-31-25-46(20-13-29(31)24-30)38-41-17-10-32(43-38)44-18-11-28(12-19-44)14-23-47/h8-10,17,24,28,36,47H,11-16,18-23,25H2,1-7H3,(H,48,49)/t36-/m0/s1. The topological polar surface area (TPSA) is 115 Å². The molecular formula is C40H56N6O4. The summed E-state index contributed by atoms with van der Waals surface area (Å²) in [6, 6.07) is 8.70. The molecule has 0 unspecified atom stereocenters. The Morgan fingerprint density at radius 1 is 0.960 bits per heavy atom. The number of ether oxygens (including phenoxy) is 1. The number of aliphatic carboxylic acids is 1. The zero-order valence-electron chi connectivity index (χ0n) is 31.1. The Morgan fingerprint density at radius 3 is 2.34 bits per heavy atom. The summed E-state index contributed by atoms with van der Waals surface area (Å²) in [5.74, 6) is 1.32. The fraction of sp³-hybridized carbons (Fsp3) is 0.600. The van der Waals surface area contributed by atoms with Crippen LogP contribution in [0.25, 0.3) is 11.1 Å². The Morgan fingerprint density at radius 2 is 1.68 bits per heavy atom. The molecule has 3 aliphatic heterocycles. The lowest BCUT2D eigenvalue weighted by Gasteiger charge is -2.41. The van der Waals surface area contributed by atoms with Crippen LogP contribution in [0.3, 0.4) is 0 Å². The number of hydrogen-bond acceptors (Lipinski definition) is 9. The molecule has 5 heterocycles. The molecule has 10 heteroatoms. The van der Waals surface area contributed by atoms with Crippen LogP contribution in [-0.2, 0) is 22.5 Å². The lowest BCUT2D eigenvalue weighted by molar-refractivity contribution is -0.160. The van der Waals surface area contributed by atoms with E-state index in [-0.39, 0.29) is 12.0 Å². The van der Waals surface area contributed by atoms with Crippen molar-refractivity contribution < 1.29 is 19.7 Å². The first-order valence-electron chi connectivity index (χ1n) is 18.5. The molecule has 6 rings (SSSR count). The van der Waals surface area contributed by atoms with E-state index >= 15 is 0 Å². The molecule has 270 valence electrons. The van der Waals surface area contributed by atoms with Gasteiger partial charge in [0.05, 0.1) is 11.3 Å². The first kappa shape index (κ1) is 36.0. The molecular weight excluding hydrogens is 628 g/mol. The number of rotatable bonds is 9. The molecule has 2 saturated heterocycles. The number of aliphatic hydroxyl groups excluding tert-OH is 1. The van der Waals surface area contributed by atoms with Gasteiger partial charge in [0.15, 0.2) is 6.10 Å². The first-order chi connectivity index (χ1) is 23.7. The fourth-order valence-electron chi connectivity index (χ4n) is 7.94. The minimum Gasteiger partial charge on any atom is -0.479 e. The summed E-state index contributed by atoms with van der Waals surface area (Å²) in [6.45, 7) is 19.7. The first-order valence-corrected chi connectivity index (χ1v) is 18.5. The van der Waals surface area contributed by atoms with Crippen LogP contribution in [0.15, 0.2) is 30.5 Å². The normalized spacial score (nSPS) is 19.0. The van der Waals surface area contributed by atoms with Crippen LogP contribution >= 0.6 is 0 Å². The zero-order valence-corrected chi connectivity index (χ0v) is 31.1. The number of aromatic nitrogens is 3. The number of piperidine rings is 2. The van der Waals surface area contributed by atoms with Crippen molar-refractivity contribution >= 4 is 23.4 Å². The minimum atomic E-state index is -1.14. The van der Waals surface area contributed by atoms with Gasteiger partial charge in [-0.2, -0.15) is 4.98 Å². The van der Waals surface area contributed by atoms with Crippen LogP contribution in [0.1, 0.15) is 101 Å². The van der Waals surface area contributed by atoms with Crippen LogP contribution in [0.5, 0.6) is 0 Å². The van der Waals surface area contributed by atoms with Gasteiger partial charge in [0.1, 0.15) is 5.82 Å². The van der Waals surface area contributed by atoms with E-state index in [4.69, 9.17) is 14.7 Å². The number of aryl methyl sites for hydroxylation is 2. The van der Waals surface area contributed by atoms with E-state index in [2.05, 4.69) is 51.7 Å². The largest absolute Gasteiger partial charge is 0.479 e. The molecule has 0 amide bonds. The van der Waals surface area contributed by atoms with Crippen LogP contribution in [0.2, 0.25) is 0 Å². The molecule has 2 aromatic heterocycles. The lowest BCUT2D eigenvalue weighted by atomic mass is 9.81. The molecule has 0 bridgehead atoms. The summed E-state index contributed by atoms with van der Waals surface area (Å²) >= 11 is 0. The SMILES string of the molecule is Cc1nc(C)c([C@H](OC(C)(C)C)C(=O)O)c(N2CCC(C)(C)CC2)c1-c1ccc2c(c1)CCN(c1nccc(N3CCC(CCO)CC3)n1)C2. The number of aliphatic hydroxyl groups is 1. The van der Waals surface area contributed by atoms with Crippen LogP contribution < -0.4 is 14.7 Å². The second-order valence-corrected chi connectivity index (χ2v) is 16.3. The maximum absolute atomic E-state index is 12.9. The summed E-state index contributed by atoms with van der Waals surface area (Å²) < 4.78 is 6.28. The van der Waals surface area contributed by atoms with E-state index < -0.39 is 17.7 Å². The van der Waals surface area contributed by atoms with Crippen molar-refractivity contribution in [1.82, 2.24) is 15.0 Å². The number of fused-ring (bicyclic) bond motifs is 1. The second-order valence-electron chi connectivity index (χ2n) is 16.3. The average molecular weight is 685 g/mol. The lowest BCUT2D eigenvalue weighted by Crippen LogP contribution is -2.39. The summed E-state index contributed by atoms with van der Waals surface area (Å²) in [5, 5.41) is 19.9. The number of carboxylic acid groups (broad SMARTS) is 1. The molecule has 2 fully saturated rings. The Labute approximate surface area is 297 Å². The number of anilines is 3. The Bertz CT molecular complexity index is 1680. The Kier molecular flexibility index (Phi) is 10.4. The fourth-order valence-corrected chi connectivity index (χ4v) is 7.94. The Hall–Kier alpha value is -3.76. The number of hydrogen-bond donors (Lipinski definition) is 2. The van der Waals surface area contributed by atoms with Crippen molar-refractivity contribution in [1.29, 1.82) is 0 Å². The molecule has 0 radical (unpaired) electrons. The third-order valence-corrected chi connectivity index (χ3v) is 10.9. The molecule has 3 aliphatic rings. The number of benzene rings is 1. The molecule has 3 aromatic rings. The van der Waals surface area contributed by atoms with Crippen LogP contribution in [0.4, 0.5) is 17.5 Å². The molecule has 1 atom stereocenters. The van der Waals surface area contributed by atoms with Gasteiger partial charge in [-0.15, -0.1) is 0 Å². The molecule has 50 heavy (non-hydrogen) atoms. The maximum Gasteiger partial charge on any atom is 0.337 e. The number of nitrogens with zero attached hydrogens (tertiary/aromatic N) is 6. The van der Waals surface area contributed by atoms with Gasteiger partial charge in [0, 0.05) is 74.6 Å². The van der Waals surface area contributed by atoms with E-state index in [9.17, 15) is 15.0 Å². The minimum absolute atomic E-state index is 0.236. The van der Waals surface area contributed by atoms with E-state index in [1.54, 1.807) is 0 Å². The van der Waals surface area contributed by atoms with Crippen LogP contribution in [0, 0.1) is 25.2 Å². The second kappa shape index (κ2) is 14.5. The van der Waals surface area contributed by atoms with Crippen molar-refractivity contribution in [2.45, 2.75) is 105 Å². The molecule has 2 N–H and O–H groups in total. The summed E-state index contributed by atoms with van der Waals surface area (Å²) in [7, 11) is 0. The van der Waals surface area contributed by atoms with Gasteiger partial charge in [-0.25, -0.2) is 9.78 Å². The van der Waals surface area contributed by atoms with Gasteiger partial charge in [0.2, 0.25) is 5.95 Å². The van der Waals surface area contributed by atoms with Gasteiger partial charge < -0.3 is 29.6 Å². The molecule has 0 aliphatic carbocycles. The number of carboxylic acids is 1. The molecule has 0 saturated carbocycles. The average Bonchev–Trinajstić information content (AvgIpc) is 3.07. The highest BCUT2D eigenvalue weighted by molar-refractivity contribution is 5.88. The predicted molar refractivity (Wildman–Crippen MR) is 199 cm³/mol. The zero-order chi connectivity index (χ0) is 35.8. The number of pyridine rings is 1. The van der Waals surface area contributed by atoms with Gasteiger partial charge in [-0.3, -0.25) is 4.98 Å². The highest BCUT2D eigenvalue weighted by atomic mass is 16.5. The van der Waals surface area contributed by atoms with Crippen molar-refractivity contribution in [2.24, 2.45) is 11.3 Å². The van der Waals surface area contributed by atoms with Crippen LogP contribution in [-0.4, -0.2) is 76.1 Å². The van der Waals surface area contributed by atoms with E-state index in [1.807, 2.05) is 46.9 Å². The highest BCUT2D eigenvalue weighted by Gasteiger charge is 2.37. The third kappa shape index (κ3) is 7.91. The van der Waals surface area contributed by atoms with E-state index in [0.29, 0.717) is 17.2 Å². The van der Waals surface area contributed by atoms with Crippen molar-refractivity contribution in [3.63, 3.8) is 0 Å². The summed E-state index contributed by atoms with van der Waals surface area (Å²) in [6.07, 6.45) is 6.67. The van der Waals surface area contributed by atoms with E-state index in [1.165, 1.54) is 11.1 Å². The number of carbonyl (C=O) groups is 1. The van der Waals surface area contributed by atoms with Gasteiger partial charge >= 0.3 is 5.97 Å². The molecule has 0 spiro atoms. The van der Waals surface area contributed by atoms with Gasteiger partial charge in [0.25, 0.3) is 0 Å². The Balaban J connectivity index is 1.32.